The molecule has 4 aromatic rings. The average molecular weight is 530 g/mol. The van der Waals surface area contributed by atoms with E-state index in [1.807, 2.05) is 45.9 Å². The second-order valence-electron chi connectivity index (χ2n) is 9.03. The van der Waals surface area contributed by atoms with Crippen LogP contribution in [0.1, 0.15) is 36.3 Å². The van der Waals surface area contributed by atoms with Crippen molar-refractivity contribution in [3.8, 4) is 17.1 Å². The number of anilines is 1. The SMILES string of the molecule is Cc1ccc(S(=O)(=O)N(CC(C)C)c2cc(Cl)c(C)cc2OCc2ccc(-c3nn[nH]n3)cc2C)o1. The van der Waals surface area contributed by atoms with Gasteiger partial charge in [-0.15, -0.1) is 10.2 Å². The topological polar surface area (TPSA) is 114 Å². The van der Waals surface area contributed by atoms with Gasteiger partial charge in [-0.25, -0.2) is 0 Å². The van der Waals surface area contributed by atoms with Crippen molar-refractivity contribution < 1.29 is 17.6 Å². The number of rotatable bonds is 9. The van der Waals surface area contributed by atoms with Gasteiger partial charge in [0.05, 0.1) is 5.69 Å². The van der Waals surface area contributed by atoms with E-state index in [0.29, 0.717) is 28.0 Å². The lowest BCUT2D eigenvalue weighted by Crippen LogP contribution is -2.34. The highest BCUT2D eigenvalue weighted by molar-refractivity contribution is 7.92. The Labute approximate surface area is 215 Å². The Hall–Kier alpha value is -3.37. The van der Waals surface area contributed by atoms with E-state index in [4.69, 9.17) is 20.8 Å². The Morgan fingerprint density at radius 2 is 1.86 bits per heavy atom. The van der Waals surface area contributed by atoms with Gasteiger partial charge in [-0.05, 0) is 78.9 Å². The van der Waals surface area contributed by atoms with E-state index in [9.17, 15) is 8.42 Å². The molecule has 0 aliphatic heterocycles. The van der Waals surface area contributed by atoms with Crippen LogP contribution in [-0.4, -0.2) is 35.6 Å². The molecule has 4 rings (SSSR count). The molecule has 0 spiro atoms. The lowest BCUT2D eigenvalue weighted by atomic mass is 10.1. The fraction of sp³-hybridized carbons (Fsp3) is 0.320. The summed E-state index contributed by atoms with van der Waals surface area (Å²) in [5.41, 5.74) is 3.86. The standard InChI is InChI=1S/C25H28ClN5O4S/c1-15(2)13-31(36(32,33)24-9-6-18(5)35-24)22-12-21(26)17(4)11-23(22)34-14-20-8-7-19(10-16(20)3)25-27-29-30-28-25/h6-12,15H,13-14H2,1-5H3,(H,27,28,29,30). The number of aryl methyl sites for hydroxylation is 3. The molecular weight excluding hydrogens is 502 g/mol. The number of halogens is 1. The quantitative estimate of drug-likeness (QED) is 0.306. The molecule has 1 N–H and O–H groups in total. The first kappa shape index (κ1) is 25.7. The van der Waals surface area contributed by atoms with Crippen LogP contribution in [0.25, 0.3) is 11.4 Å². The molecule has 2 aromatic carbocycles. The van der Waals surface area contributed by atoms with Crippen LogP contribution in [0.2, 0.25) is 5.02 Å². The summed E-state index contributed by atoms with van der Waals surface area (Å²) in [6.07, 6.45) is 0. The van der Waals surface area contributed by atoms with Gasteiger partial charge in [-0.1, -0.05) is 37.6 Å². The smallest absolute Gasteiger partial charge is 0.297 e. The molecule has 0 bridgehead atoms. The van der Waals surface area contributed by atoms with E-state index in [2.05, 4.69) is 20.6 Å². The van der Waals surface area contributed by atoms with Crippen molar-refractivity contribution in [1.29, 1.82) is 0 Å². The lowest BCUT2D eigenvalue weighted by molar-refractivity contribution is 0.306. The number of tetrazole rings is 1. The number of hydrogen-bond donors (Lipinski definition) is 1. The highest BCUT2D eigenvalue weighted by Crippen LogP contribution is 2.38. The third-order valence-electron chi connectivity index (χ3n) is 5.63. The Morgan fingerprint density at radius 3 is 2.47 bits per heavy atom. The molecule has 0 saturated carbocycles. The van der Waals surface area contributed by atoms with Crippen molar-refractivity contribution in [2.24, 2.45) is 5.92 Å². The minimum absolute atomic E-state index is 0.0312. The Kier molecular flexibility index (Phi) is 7.37. The minimum Gasteiger partial charge on any atom is -0.487 e. The van der Waals surface area contributed by atoms with Gasteiger partial charge in [0.2, 0.25) is 10.9 Å². The zero-order valence-corrected chi connectivity index (χ0v) is 22.3. The van der Waals surface area contributed by atoms with E-state index in [1.54, 1.807) is 25.1 Å². The summed E-state index contributed by atoms with van der Waals surface area (Å²) in [7, 11) is -4.00. The number of nitrogens with zero attached hydrogens (tertiary/aromatic N) is 4. The van der Waals surface area contributed by atoms with Gasteiger partial charge >= 0.3 is 0 Å². The number of sulfonamides is 1. The average Bonchev–Trinajstić information content (AvgIpc) is 3.51. The van der Waals surface area contributed by atoms with Crippen LogP contribution in [-0.2, 0) is 16.6 Å². The van der Waals surface area contributed by atoms with Crippen LogP contribution in [0, 0.1) is 26.7 Å². The molecule has 9 nitrogen and oxygen atoms in total. The van der Waals surface area contributed by atoms with E-state index in [-0.39, 0.29) is 24.2 Å². The molecule has 0 unspecified atom stereocenters. The number of ether oxygens (including phenoxy) is 1. The van der Waals surface area contributed by atoms with Crippen molar-refractivity contribution >= 4 is 27.3 Å². The molecule has 0 radical (unpaired) electrons. The first-order chi connectivity index (χ1) is 17.1. The minimum atomic E-state index is -4.00. The molecule has 0 fully saturated rings. The summed E-state index contributed by atoms with van der Waals surface area (Å²) < 4.78 is 40.3. The Balaban J connectivity index is 1.70. The second kappa shape index (κ2) is 10.3. The van der Waals surface area contributed by atoms with Gasteiger partial charge in [-0.3, -0.25) is 4.31 Å². The molecular formula is C25H28ClN5O4S. The van der Waals surface area contributed by atoms with Gasteiger partial charge in [-0.2, -0.15) is 13.6 Å². The fourth-order valence-corrected chi connectivity index (χ4v) is 5.46. The van der Waals surface area contributed by atoms with Gasteiger partial charge in [0.15, 0.2) is 0 Å². The van der Waals surface area contributed by atoms with E-state index >= 15 is 0 Å². The number of H-pyrrole nitrogens is 1. The second-order valence-corrected chi connectivity index (χ2v) is 11.2. The summed E-state index contributed by atoms with van der Waals surface area (Å²) in [6.45, 7) is 9.85. The predicted octanol–water partition coefficient (Wildman–Crippen LogP) is 5.47. The van der Waals surface area contributed by atoms with Crippen LogP contribution in [0.3, 0.4) is 0 Å². The highest BCUT2D eigenvalue weighted by Gasteiger charge is 2.31. The summed E-state index contributed by atoms with van der Waals surface area (Å²) in [6, 6.07) is 12.2. The third-order valence-corrected chi connectivity index (χ3v) is 7.69. The molecule has 190 valence electrons. The molecule has 36 heavy (non-hydrogen) atoms. The number of nitrogens with one attached hydrogen (secondary N) is 1. The van der Waals surface area contributed by atoms with Crippen LogP contribution < -0.4 is 9.04 Å². The molecule has 11 heteroatoms. The first-order valence-corrected chi connectivity index (χ1v) is 13.2. The summed E-state index contributed by atoms with van der Waals surface area (Å²) in [4.78, 5) is 0. The van der Waals surface area contributed by atoms with E-state index < -0.39 is 10.0 Å². The van der Waals surface area contributed by atoms with Crippen LogP contribution in [0.4, 0.5) is 5.69 Å². The molecule has 0 saturated heterocycles. The molecule has 2 heterocycles. The summed E-state index contributed by atoms with van der Waals surface area (Å²) in [5.74, 6) is 1.45. The zero-order chi connectivity index (χ0) is 26.0. The zero-order valence-electron chi connectivity index (χ0n) is 20.7. The van der Waals surface area contributed by atoms with E-state index in [1.165, 1.54) is 10.4 Å². The Morgan fingerprint density at radius 1 is 1.08 bits per heavy atom. The number of aromatic amines is 1. The largest absolute Gasteiger partial charge is 0.487 e. The maximum atomic E-state index is 13.6. The van der Waals surface area contributed by atoms with Crippen LogP contribution in [0.5, 0.6) is 5.75 Å². The highest BCUT2D eigenvalue weighted by atomic mass is 35.5. The number of furan rings is 1. The maximum Gasteiger partial charge on any atom is 0.297 e. The molecule has 0 aliphatic rings. The van der Waals surface area contributed by atoms with Crippen molar-refractivity contribution in [2.75, 3.05) is 10.8 Å². The summed E-state index contributed by atoms with van der Waals surface area (Å²) >= 11 is 6.46. The van der Waals surface area contributed by atoms with Crippen LogP contribution >= 0.6 is 11.6 Å². The van der Waals surface area contributed by atoms with Gasteiger partial charge < -0.3 is 9.15 Å². The third kappa shape index (κ3) is 5.39. The van der Waals surface area contributed by atoms with E-state index in [0.717, 1.165) is 22.3 Å². The van der Waals surface area contributed by atoms with Crippen molar-refractivity contribution in [3.05, 3.63) is 69.9 Å². The van der Waals surface area contributed by atoms with Crippen LogP contribution in [0.15, 0.2) is 52.0 Å². The summed E-state index contributed by atoms with van der Waals surface area (Å²) in [5, 5.41) is 14.4. The fourth-order valence-electron chi connectivity index (χ4n) is 3.71. The lowest BCUT2D eigenvalue weighted by Gasteiger charge is -2.27. The number of hydrogen-bond acceptors (Lipinski definition) is 7. The molecule has 0 aliphatic carbocycles. The van der Waals surface area contributed by atoms with Gasteiger partial charge in [0.25, 0.3) is 10.0 Å². The van der Waals surface area contributed by atoms with Gasteiger partial charge in [0.1, 0.15) is 18.1 Å². The first-order valence-electron chi connectivity index (χ1n) is 11.4. The normalized spacial score (nSPS) is 11.8. The Bertz CT molecular complexity index is 1470. The molecule has 0 atom stereocenters. The maximum absolute atomic E-state index is 13.6. The van der Waals surface area contributed by atoms with Crippen molar-refractivity contribution in [3.63, 3.8) is 0 Å². The van der Waals surface area contributed by atoms with Gasteiger partial charge in [0, 0.05) is 17.1 Å². The number of aromatic nitrogens is 4. The number of benzene rings is 2. The molecule has 2 aromatic heterocycles. The van der Waals surface area contributed by atoms with Crippen molar-refractivity contribution in [2.45, 2.75) is 46.3 Å². The molecule has 0 amide bonds. The predicted molar refractivity (Wildman–Crippen MR) is 138 cm³/mol. The van der Waals surface area contributed by atoms with Crippen molar-refractivity contribution in [1.82, 2.24) is 20.6 Å². The monoisotopic (exact) mass is 529 g/mol.